The molecule has 3 aromatic carbocycles. The Kier molecular flexibility index (Phi) is 9.11. The van der Waals surface area contributed by atoms with Gasteiger partial charge in [-0.2, -0.15) is 13.2 Å². The van der Waals surface area contributed by atoms with Crippen molar-refractivity contribution in [1.29, 1.82) is 0 Å². The smallest absolute Gasteiger partial charge is 0.518 e. The van der Waals surface area contributed by atoms with Crippen LogP contribution >= 0.6 is 0 Å². The van der Waals surface area contributed by atoms with Gasteiger partial charge in [-0.3, -0.25) is 19.0 Å². The van der Waals surface area contributed by atoms with Crippen molar-refractivity contribution in [3.63, 3.8) is 0 Å². The summed E-state index contributed by atoms with van der Waals surface area (Å²) in [6.45, 7) is 3.84. The van der Waals surface area contributed by atoms with Gasteiger partial charge in [0, 0.05) is 36.5 Å². The van der Waals surface area contributed by atoms with E-state index < -0.39 is 47.7 Å². The molecule has 15 heteroatoms. The highest BCUT2D eigenvalue weighted by molar-refractivity contribution is 6.64. The van der Waals surface area contributed by atoms with Crippen LogP contribution < -0.4 is 36.4 Å². The van der Waals surface area contributed by atoms with Crippen LogP contribution in [0.3, 0.4) is 0 Å². The molecule has 2 amide bonds. The summed E-state index contributed by atoms with van der Waals surface area (Å²) in [4.78, 5) is 51.4. The maximum absolute atomic E-state index is 14.6. The van der Waals surface area contributed by atoms with Crippen molar-refractivity contribution in [1.82, 2.24) is 19.9 Å². The highest BCUT2D eigenvalue weighted by Gasteiger charge is 2.50. The van der Waals surface area contributed by atoms with E-state index in [9.17, 15) is 27.6 Å². The summed E-state index contributed by atoms with van der Waals surface area (Å²) in [7, 11) is -1.22. The van der Waals surface area contributed by atoms with Gasteiger partial charge in [0.15, 0.2) is 0 Å². The molecular weight excluding hydrogens is 676 g/mol. The van der Waals surface area contributed by atoms with Gasteiger partial charge in [0.1, 0.15) is 40.5 Å². The first-order valence-corrected chi connectivity index (χ1v) is 16.9. The van der Waals surface area contributed by atoms with Crippen molar-refractivity contribution in [2.75, 3.05) is 17.2 Å². The number of carbonyl (C=O) groups is 2. The highest BCUT2D eigenvalue weighted by Crippen LogP contribution is 2.42. The van der Waals surface area contributed by atoms with Crippen LogP contribution in [-0.2, 0) is 27.7 Å². The SMILES string of the molecule is CCCNC(=O)C1CC(C)(CC(=O)Nc2nccc3ccccc23)c2nc(B3Oc4ccccc4O3)c(NCc3cccc(C(F)(F)F)c3)c(=O)n21. The molecule has 4 heterocycles. The third-order valence-electron chi connectivity index (χ3n) is 9.24. The lowest BCUT2D eigenvalue weighted by molar-refractivity contribution is -0.137. The number of nitrogens with one attached hydrogen (secondary N) is 3. The lowest BCUT2D eigenvalue weighted by Crippen LogP contribution is -2.49. The number of hydrogen-bond donors (Lipinski definition) is 3. The van der Waals surface area contributed by atoms with Crippen LogP contribution in [0.5, 0.6) is 11.5 Å². The Morgan fingerprint density at radius 2 is 1.75 bits per heavy atom. The molecule has 2 aromatic heterocycles. The average Bonchev–Trinajstić information content (AvgIpc) is 3.69. The number of aromatic nitrogens is 3. The number of hydrogen-bond acceptors (Lipinski definition) is 8. The van der Waals surface area contributed by atoms with Gasteiger partial charge in [-0.15, -0.1) is 0 Å². The van der Waals surface area contributed by atoms with Crippen molar-refractivity contribution < 1.29 is 32.1 Å². The van der Waals surface area contributed by atoms with Gasteiger partial charge < -0.3 is 25.3 Å². The summed E-state index contributed by atoms with van der Waals surface area (Å²) >= 11 is 0. The van der Waals surface area contributed by atoms with Gasteiger partial charge in [-0.1, -0.05) is 62.4 Å². The van der Waals surface area contributed by atoms with E-state index in [0.29, 0.717) is 30.3 Å². The summed E-state index contributed by atoms with van der Waals surface area (Å²) in [6, 6.07) is 19.9. The Morgan fingerprint density at radius 3 is 2.48 bits per heavy atom. The first kappa shape index (κ1) is 34.6. The minimum Gasteiger partial charge on any atom is -0.518 e. The molecule has 0 saturated carbocycles. The Bertz CT molecular complexity index is 2220. The van der Waals surface area contributed by atoms with E-state index in [4.69, 9.17) is 14.3 Å². The third-order valence-corrected chi connectivity index (χ3v) is 9.24. The maximum atomic E-state index is 14.6. The summed E-state index contributed by atoms with van der Waals surface area (Å²) in [5.41, 5.74) is -2.47. The van der Waals surface area contributed by atoms with Gasteiger partial charge in [-0.25, -0.2) is 9.97 Å². The number of amides is 2. The van der Waals surface area contributed by atoms with Crippen molar-refractivity contribution in [3.8, 4) is 11.5 Å². The lowest BCUT2D eigenvalue weighted by atomic mass is 9.80. The molecule has 2 atom stereocenters. The molecule has 0 spiro atoms. The summed E-state index contributed by atoms with van der Waals surface area (Å²) in [5.74, 6) is 0.506. The van der Waals surface area contributed by atoms with Crippen LogP contribution in [0.1, 0.15) is 56.1 Å². The van der Waals surface area contributed by atoms with E-state index in [1.165, 1.54) is 16.7 Å². The number of pyridine rings is 1. The summed E-state index contributed by atoms with van der Waals surface area (Å²) in [6.07, 6.45) is -2.42. The molecule has 2 aliphatic rings. The number of rotatable bonds is 10. The van der Waals surface area contributed by atoms with Crippen LogP contribution in [0, 0.1) is 0 Å². The molecule has 2 aliphatic heterocycles. The second kappa shape index (κ2) is 13.7. The average molecular weight is 711 g/mol. The normalized spacial score (nSPS) is 17.6. The summed E-state index contributed by atoms with van der Waals surface area (Å²) < 4.78 is 54.0. The predicted molar refractivity (Wildman–Crippen MR) is 190 cm³/mol. The Balaban J connectivity index is 1.30. The van der Waals surface area contributed by atoms with Gasteiger partial charge in [-0.05, 0) is 54.1 Å². The molecule has 3 N–H and O–H groups in total. The predicted octanol–water partition coefficient (Wildman–Crippen LogP) is 5.35. The van der Waals surface area contributed by atoms with Gasteiger partial charge in [0.25, 0.3) is 5.56 Å². The molecule has 0 bridgehead atoms. The number of carbonyl (C=O) groups excluding carboxylic acids is 2. The van der Waals surface area contributed by atoms with Crippen molar-refractivity contribution in [2.45, 2.75) is 57.3 Å². The monoisotopic (exact) mass is 710 g/mol. The molecule has 0 radical (unpaired) electrons. The molecule has 11 nitrogen and oxygen atoms in total. The number of nitrogens with zero attached hydrogens (tertiary/aromatic N) is 3. The second-order valence-corrected chi connectivity index (χ2v) is 13.1. The molecule has 0 aliphatic carbocycles. The Morgan fingerprint density at radius 1 is 1.02 bits per heavy atom. The van der Waals surface area contributed by atoms with Crippen LogP contribution in [0.4, 0.5) is 24.7 Å². The lowest BCUT2D eigenvalue weighted by Gasteiger charge is -2.24. The molecular formula is C37H34BF3N6O5. The fourth-order valence-corrected chi connectivity index (χ4v) is 6.75. The van der Waals surface area contributed by atoms with E-state index in [2.05, 4.69) is 20.9 Å². The van der Waals surface area contributed by atoms with Gasteiger partial charge >= 0.3 is 13.3 Å². The first-order chi connectivity index (χ1) is 24.9. The second-order valence-electron chi connectivity index (χ2n) is 13.1. The van der Waals surface area contributed by atoms with Crippen molar-refractivity contribution in [3.05, 3.63) is 112 Å². The zero-order valence-electron chi connectivity index (χ0n) is 28.3. The largest absolute Gasteiger partial charge is 0.655 e. The Labute approximate surface area is 296 Å². The van der Waals surface area contributed by atoms with E-state index in [0.717, 1.165) is 22.9 Å². The number of anilines is 2. The molecule has 0 fully saturated rings. The fraction of sp³-hybridized carbons (Fsp3) is 0.270. The first-order valence-electron chi connectivity index (χ1n) is 16.9. The van der Waals surface area contributed by atoms with Crippen LogP contribution in [0.15, 0.2) is 89.9 Å². The molecule has 7 rings (SSSR count). The van der Waals surface area contributed by atoms with Gasteiger partial charge in [0.2, 0.25) is 11.8 Å². The van der Waals surface area contributed by atoms with E-state index in [-0.39, 0.29) is 42.1 Å². The number of alkyl halides is 3. The summed E-state index contributed by atoms with van der Waals surface area (Å²) in [5, 5.41) is 10.4. The number of para-hydroxylation sites is 2. The van der Waals surface area contributed by atoms with Gasteiger partial charge in [0.05, 0.1) is 5.56 Å². The van der Waals surface area contributed by atoms with Crippen LogP contribution in [0.2, 0.25) is 0 Å². The van der Waals surface area contributed by atoms with Crippen molar-refractivity contribution >= 4 is 46.8 Å². The minimum atomic E-state index is -4.56. The number of benzene rings is 3. The number of fused-ring (bicyclic) bond motifs is 3. The van der Waals surface area contributed by atoms with Crippen molar-refractivity contribution in [2.24, 2.45) is 0 Å². The van der Waals surface area contributed by atoms with Crippen LogP contribution in [0.25, 0.3) is 10.8 Å². The fourth-order valence-electron chi connectivity index (χ4n) is 6.75. The molecule has 266 valence electrons. The minimum absolute atomic E-state index is 0.0244. The van der Waals surface area contributed by atoms with E-state index in [1.54, 1.807) is 37.4 Å². The molecule has 2 unspecified atom stereocenters. The molecule has 5 aromatic rings. The van der Waals surface area contributed by atoms with E-state index in [1.807, 2.05) is 37.3 Å². The zero-order valence-corrected chi connectivity index (χ0v) is 28.3. The van der Waals surface area contributed by atoms with Crippen LogP contribution in [-0.4, -0.2) is 40.0 Å². The molecule has 0 saturated heterocycles. The van der Waals surface area contributed by atoms with E-state index >= 15 is 0 Å². The molecule has 52 heavy (non-hydrogen) atoms. The standard InChI is InChI=1S/C37H34BF3N6O5/c1-3-16-43-33(49)26-19-36(2,20-29(48)45-32-25-12-5-4-10-23(25)15-17-42-32)35-46-31(38-51-27-13-6-7-14-28(27)52-38)30(34(50)47(26)35)44-21-22-9-8-11-24(18-22)37(39,40)41/h4-15,17-18,26,44H,3,16,19-21H2,1-2H3,(H,43,49)(H,42,45,48). The Hall–Kier alpha value is -5.86. The highest BCUT2D eigenvalue weighted by atomic mass is 19.4. The maximum Gasteiger partial charge on any atom is 0.655 e. The number of halogens is 3. The third kappa shape index (κ3) is 6.65. The topological polar surface area (TPSA) is 136 Å². The quantitative estimate of drug-likeness (QED) is 0.165. The zero-order chi connectivity index (χ0) is 36.6.